The van der Waals surface area contributed by atoms with Crippen LogP contribution < -0.4 is 5.32 Å². The third-order valence-corrected chi connectivity index (χ3v) is 7.70. The van der Waals surface area contributed by atoms with Gasteiger partial charge in [-0.1, -0.05) is 42.5 Å². The number of hydrogen-bond acceptors (Lipinski definition) is 4. The van der Waals surface area contributed by atoms with Crippen molar-refractivity contribution < 1.29 is 13.2 Å². The van der Waals surface area contributed by atoms with Crippen LogP contribution in [0.5, 0.6) is 0 Å². The summed E-state index contributed by atoms with van der Waals surface area (Å²) in [5, 5.41) is 4.44. The molecule has 132 valence electrons. The summed E-state index contributed by atoms with van der Waals surface area (Å²) in [5.41, 5.74) is 2.59. The van der Waals surface area contributed by atoms with Gasteiger partial charge in [0.2, 0.25) is 15.7 Å². The van der Waals surface area contributed by atoms with Gasteiger partial charge in [-0.3, -0.25) is 4.79 Å². The summed E-state index contributed by atoms with van der Waals surface area (Å²) in [5.74, 6) is -0.279. The Labute approximate surface area is 156 Å². The molecule has 4 rings (SSSR count). The molecule has 3 aromatic rings. The molecule has 26 heavy (non-hydrogen) atoms. The maximum Gasteiger partial charge on any atom is 0.225 e. The van der Waals surface area contributed by atoms with Crippen LogP contribution in [0.3, 0.4) is 0 Å². The van der Waals surface area contributed by atoms with Gasteiger partial charge in [0.1, 0.15) is 4.90 Å². The highest BCUT2D eigenvalue weighted by Gasteiger charge is 2.34. The maximum absolute atomic E-state index is 13.0. The predicted molar refractivity (Wildman–Crippen MR) is 102 cm³/mol. The van der Waals surface area contributed by atoms with E-state index in [1.54, 1.807) is 35.7 Å². The summed E-state index contributed by atoms with van der Waals surface area (Å²) in [7, 11) is -3.68. The lowest BCUT2D eigenvalue weighted by Gasteiger charge is -2.25. The van der Waals surface area contributed by atoms with Gasteiger partial charge >= 0.3 is 0 Å². The van der Waals surface area contributed by atoms with Crippen LogP contribution >= 0.6 is 11.3 Å². The standard InChI is InChI=1S/C20H17NO3S2/c1-13-7-5-6-10-15(13)16-11-18(22)21-19-17(12-25-20(16)19)26(23,24)14-8-3-2-4-9-14/h2-10,12,16H,11H2,1H3,(H,21,22)/t16-/m1/s1. The smallest absolute Gasteiger partial charge is 0.225 e. The van der Waals surface area contributed by atoms with Crippen LogP contribution in [0.1, 0.15) is 28.3 Å². The number of carbonyl (C=O) groups is 1. The van der Waals surface area contributed by atoms with E-state index >= 15 is 0 Å². The van der Waals surface area contributed by atoms with Gasteiger partial charge in [-0.25, -0.2) is 8.42 Å². The Balaban J connectivity index is 1.86. The predicted octanol–water partition coefficient (Wildman–Crippen LogP) is 4.36. The van der Waals surface area contributed by atoms with E-state index in [9.17, 15) is 13.2 Å². The number of hydrogen-bond donors (Lipinski definition) is 1. The van der Waals surface area contributed by atoms with Crippen LogP contribution in [0.25, 0.3) is 0 Å². The minimum absolute atomic E-state index is 0.121. The molecular formula is C20H17NO3S2. The van der Waals surface area contributed by atoms with Gasteiger partial charge in [0, 0.05) is 22.6 Å². The van der Waals surface area contributed by atoms with E-state index < -0.39 is 9.84 Å². The zero-order valence-electron chi connectivity index (χ0n) is 14.1. The molecule has 0 aliphatic carbocycles. The van der Waals surface area contributed by atoms with Gasteiger partial charge in [-0.2, -0.15) is 0 Å². The molecule has 0 unspecified atom stereocenters. The minimum Gasteiger partial charge on any atom is -0.324 e. The Hall–Kier alpha value is -2.44. The number of nitrogens with one attached hydrogen (secondary N) is 1. The van der Waals surface area contributed by atoms with Gasteiger partial charge in [-0.15, -0.1) is 11.3 Å². The fourth-order valence-corrected chi connectivity index (χ4v) is 6.28. The molecule has 6 heteroatoms. The lowest BCUT2D eigenvalue weighted by atomic mass is 9.88. The molecule has 2 aromatic carbocycles. The molecule has 0 saturated carbocycles. The van der Waals surface area contributed by atoms with Gasteiger partial charge in [-0.05, 0) is 30.2 Å². The van der Waals surface area contributed by atoms with E-state index in [0.717, 1.165) is 16.0 Å². The molecule has 1 aliphatic rings. The lowest BCUT2D eigenvalue weighted by molar-refractivity contribution is -0.116. The highest BCUT2D eigenvalue weighted by atomic mass is 32.2. The normalized spacial score (nSPS) is 16.8. The second-order valence-electron chi connectivity index (χ2n) is 6.32. The summed E-state index contributed by atoms with van der Waals surface area (Å²) in [4.78, 5) is 13.6. The molecule has 0 spiro atoms. The third kappa shape index (κ3) is 2.75. The molecule has 1 N–H and O–H groups in total. The molecule has 0 bridgehead atoms. The van der Waals surface area contributed by atoms with Gasteiger partial charge < -0.3 is 5.32 Å². The largest absolute Gasteiger partial charge is 0.324 e. The number of rotatable bonds is 3. The van der Waals surface area contributed by atoms with Crippen molar-refractivity contribution in [1.29, 1.82) is 0 Å². The highest BCUT2D eigenvalue weighted by molar-refractivity contribution is 7.91. The van der Waals surface area contributed by atoms with Crippen molar-refractivity contribution in [3.63, 3.8) is 0 Å². The van der Waals surface area contributed by atoms with E-state index in [1.165, 1.54) is 11.3 Å². The van der Waals surface area contributed by atoms with Crippen molar-refractivity contribution in [3.05, 3.63) is 76.0 Å². The Kier molecular flexibility index (Phi) is 4.17. The number of aryl methyl sites for hydroxylation is 1. The molecule has 0 fully saturated rings. The van der Waals surface area contributed by atoms with Crippen LogP contribution in [0, 0.1) is 6.92 Å². The Bertz CT molecular complexity index is 1090. The van der Waals surface area contributed by atoms with Crippen LogP contribution in [0.4, 0.5) is 5.69 Å². The first-order valence-corrected chi connectivity index (χ1v) is 10.6. The van der Waals surface area contributed by atoms with E-state index in [2.05, 4.69) is 5.32 Å². The number of fused-ring (bicyclic) bond motifs is 1. The topological polar surface area (TPSA) is 63.2 Å². The number of anilines is 1. The first-order chi connectivity index (χ1) is 12.5. The fraction of sp³-hybridized carbons (Fsp3) is 0.150. The van der Waals surface area contributed by atoms with E-state index in [-0.39, 0.29) is 21.6 Å². The lowest BCUT2D eigenvalue weighted by Crippen LogP contribution is -2.23. The van der Waals surface area contributed by atoms with Crippen molar-refractivity contribution in [2.24, 2.45) is 0 Å². The number of sulfone groups is 1. The Morgan fingerprint density at radius 3 is 2.46 bits per heavy atom. The monoisotopic (exact) mass is 383 g/mol. The summed E-state index contributed by atoms with van der Waals surface area (Å²) >= 11 is 1.39. The zero-order valence-corrected chi connectivity index (χ0v) is 15.7. The first kappa shape index (κ1) is 17.0. The Morgan fingerprint density at radius 2 is 1.73 bits per heavy atom. The molecule has 1 aliphatic heterocycles. The van der Waals surface area contributed by atoms with Crippen LogP contribution in [0.15, 0.2) is 69.8 Å². The van der Waals surface area contributed by atoms with Crippen LogP contribution in [-0.4, -0.2) is 14.3 Å². The van der Waals surface area contributed by atoms with Crippen molar-refractivity contribution in [2.75, 3.05) is 5.32 Å². The number of carbonyl (C=O) groups excluding carboxylic acids is 1. The van der Waals surface area contributed by atoms with E-state index in [1.807, 2.05) is 31.2 Å². The SMILES string of the molecule is Cc1ccccc1[C@H]1CC(=O)Nc2c(S(=O)(=O)c3ccccc3)csc21. The number of amides is 1. The summed E-state index contributed by atoms with van der Waals surface area (Å²) < 4.78 is 26.1. The Morgan fingerprint density at radius 1 is 1.04 bits per heavy atom. The minimum atomic E-state index is -3.68. The van der Waals surface area contributed by atoms with Crippen molar-refractivity contribution in [1.82, 2.24) is 0 Å². The van der Waals surface area contributed by atoms with Gasteiger partial charge in [0.25, 0.3) is 0 Å². The second kappa shape index (κ2) is 6.37. The van der Waals surface area contributed by atoms with Crippen molar-refractivity contribution in [3.8, 4) is 0 Å². The molecule has 4 nitrogen and oxygen atoms in total. The van der Waals surface area contributed by atoms with Gasteiger partial charge in [0.05, 0.1) is 10.6 Å². The van der Waals surface area contributed by atoms with Crippen molar-refractivity contribution >= 4 is 32.8 Å². The van der Waals surface area contributed by atoms with Gasteiger partial charge in [0.15, 0.2) is 0 Å². The first-order valence-electron chi connectivity index (χ1n) is 8.25. The van der Waals surface area contributed by atoms with Crippen LogP contribution in [-0.2, 0) is 14.6 Å². The van der Waals surface area contributed by atoms with E-state index in [0.29, 0.717) is 12.1 Å². The third-order valence-electron chi connectivity index (χ3n) is 4.66. The summed E-state index contributed by atoms with van der Waals surface area (Å²) in [6, 6.07) is 16.2. The average Bonchev–Trinajstić information content (AvgIpc) is 3.07. The summed E-state index contributed by atoms with van der Waals surface area (Å²) in [6.07, 6.45) is 0.323. The molecular weight excluding hydrogens is 366 g/mol. The zero-order chi connectivity index (χ0) is 18.3. The number of thiophene rings is 1. The fourth-order valence-electron chi connectivity index (χ4n) is 3.36. The van der Waals surface area contributed by atoms with Crippen molar-refractivity contribution in [2.45, 2.75) is 29.1 Å². The molecule has 1 atom stereocenters. The van der Waals surface area contributed by atoms with E-state index in [4.69, 9.17) is 0 Å². The summed E-state index contributed by atoms with van der Waals surface area (Å²) in [6.45, 7) is 2.01. The molecule has 1 aromatic heterocycles. The average molecular weight is 383 g/mol. The van der Waals surface area contributed by atoms with Crippen LogP contribution in [0.2, 0.25) is 0 Å². The molecule has 0 saturated heterocycles. The number of benzene rings is 2. The maximum atomic E-state index is 13.0. The molecule has 0 radical (unpaired) electrons. The second-order valence-corrected chi connectivity index (χ2v) is 9.15. The molecule has 1 amide bonds. The quantitative estimate of drug-likeness (QED) is 0.731. The molecule has 2 heterocycles. The highest BCUT2D eigenvalue weighted by Crippen LogP contribution is 2.46.